The fourth-order valence-electron chi connectivity index (χ4n) is 0.971. The molecule has 0 saturated heterocycles. The van der Waals surface area contributed by atoms with Crippen molar-refractivity contribution in [3.8, 4) is 0 Å². The van der Waals surface area contributed by atoms with Gasteiger partial charge >= 0.3 is 0 Å². The summed E-state index contributed by atoms with van der Waals surface area (Å²) in [4.78, 5) is 0. The third-order valence-electron chi connectivity index (χ3n) is 2.02. The number of hydrogen-bond acceptors (Lipinski definition) is 3. The maximum absolute atomic E-state index is 12.8. The van der Waals surface area contributed by atoms with Gasteiger partial charge in [-0.05, 0) is 29.0 Å². The molecule has 0 bridgehead atoms. The highest BCUT2D eigenvalue weighted by Crippen LogP contribution is 2.51. The van der Waals surface area contributed by atoms with Gasteiger partial charge in [-0.2, -0.15) is 0 Å². The summed E-state index contributed by atoms with van der Waals surface area (Å²) in [6.07, 6.45) is -0.0931. The molecule has 0 aliphatic heterocycles. The lowest BCUT2D eigenvalue weighted by atomic mass is 10.2. The minimum absolute atomic E-state index is 0.304. The Hall–Kier alpha value is 0.220. The van der Waals surface area contributed by atoms with Gasteiger partial charge in [-0.3, -0.25) is 0 Å². The van der Waals surface area contributed by atoms with Crippen LogP contribution in [-0.2, 0) is 5.41 Å². The maximum atomic E-state index is 12.8. The molecule has 0 spiro atoms. The van der Waals surface area contributed by atoms with E-state index in [-0.39, 0.29) is 5.41 Å². The number of aromatic nitrogens is 2. The van der Waals surface area contributed by atoms with Crippen molar-refractivity contribution in [1.29, 1.82) is 0 Å². The van der Waals surface area contributed by atoms with E-state index >= 15 is 0 Å². The van der Waals surface area contributed by atoms with Crippen LogP contribution in [0.25, 0.3) is 0 Å². The second-order valence-corrected chi connectivity index (χ2v) is 5.68. The highest BCUT2D eigenvalue weighted by molar-refractivity contribution is 14.1. The summed E-state index contributed by atoms with van der Waals surface area (Å²) in [5, 5.41) is 8.61. The molecule has 0 N–H and O–H groups in total. The largest absolute Gasteiger partial charge is 0.246 e. The summed E-state index contributed by atoms with van der Waals surface area (Å²) >= 11 is 3.58. The van der Waals surface area contributed by atoms with Gasteiger partial charge in [0.2, 0.25) is 0 Å². The van der Waals surface area contributed by atoms with Crippen LogP contribution < -0.4 is 0 Å². The molecule has 2 rings (SSSR count). The Morgan fingerprint density at radius 1 is 1.73 bits per heavy atom. The van der Waals surface area contributed by atoms with Crippen molar-refractivity contribution in [2.45, 2.75) is 24.9 Å². The summed E-state index contributed by atoms with van der Waals surface area (Å²) in [7, 11) is 0. The number of nitrogens with zero attached hydrogens (tertiary/aromatic N) is 2. The fourth-order valence-corrected chi connectivity index (χ4v) is 2.47. The molecular formula is C6H6FIN2S. The third kappa shape index (κ3) is 1.18. The number of rotatable bonds is 1. The van der Waals surface area contributed by atoms with E-state index in [9.17, 15) is 4.39 Å². The Morgan fingerprint density at radius 3 is 2.73 bits per heavy atom. The molecule has 5 heteroatoms. The van der Waals surface area contributed by atoms with Gasteiger partial charge in [0.1, 0.15) is 11.2 Å². The minimum Gasteiger partial charge on any atom is -0.246 e. The summed E-state index contributed by atoms with van der Waals surface area (Å²) in [5.41, 5.74) is -0.304. The SMILES string of the molecule is CC1(c2nnc(I)s2)CC1F. The summed E-state index contributed by atoms with van der Waals surface area (Å²) in [6.45, 7) is 1.90. The van der Waals surface area contributed by atoms with Gasteiger partial charge in [-0.25, -0.2) is 4.39 Å². The van der Waals surface area contributed by atoms with E-state index in [2.05, 4.69) is 32.8 Å². The van der Waals surface area contributed by atoms with Crippen molar-refractivity contribution < 1.29 is 4.39 Å². The molecule has 1 fully saturated rings. The zero-order valence-electron chi connectivity index (χ0n) is 5.84. The van der Waals surface area contributed by atoms with Crippen LogP contribution in [0.2, 0.25) is 0 Å². The Morgan fingerprint density at radius 2 is 2.36 bits per heavy atom. The average molecular weight is 284 g/mol. The first kappa shape index (κ1) is 7.85. The first-order chi connectivity index (χ1) is 5.13. The van der Waals surface area contributed by atoms with Crippen molar-refractivity contribution in [3.63, 3.8) is 0 Å². The summed E-state index contributed by atoms with van der Waals surface area (Å²) in [6, 6.07) is 0. The van der Waals surface area contributed by atoms with Gasteiger partial charge < -0.3 is 0 Å². The van der Waals surface area contributed by atoms with Gasteiger partial charge in [0.15, 0.2) is 3.01 Å². The molecule has 1 saturated carbocycles. The molecular weight excluding hydrogens is 278 g/mol. The van der Waals surface area contributed by atoms with E-state index in [1.165, 1.54) is 11.3 Å². The monoisotopic (exact) mass is 284 g/mol. The second-order valence-electron chi connectivity index (χ2n) is 2.95. The first-order valence-corrected chi connectivity index (χ1v) is 5.16. The number of hydrogen-bond donors (Lipinski definition) is 0. The van der Waals surface area contributed by atoms with Crippen LogP contribution in [0.1, 0.15) is 18.4 Å². The molecule has 2 atom stereocenters. The lowest BCUT2D eigenvalue weighted by Crippen LogP contribution is -2.03. The fraction of sp³-hybridized carbons (Fsp3) is 0.667. The van der Waals surface area contributed by atoms with E-state index in [1.807, 2.05) is 6.92 Å². The highest BCUT2D eigenvalue weighted by Gasteiger charge is 2.55. The zero-order chi connectivity index (χ0) is 8.06. The Balaban J connectivity index is 2.31. The zero-order valence-corrected chi connectivity index (χ0v) is 8.82. The van der Waals surface area contributed by atoms with Crippen LogP contribution in [0.4, 0.5) is 4.39 Å². The van der Waals surface area contributed by atoms with Crippen molar-refractivity contribution in [2.24, 2.45) is 0 Å². The van der Waals surface area contributed by atoms with Crippen molar-refractivity contribution >= 4 is 33.9 Å². The molecule has 1 aliphatic rings. The molecule has 11 heavy (non-hydrogen) atoms. The minimum atomic E-state index is -0.703. The molecule has 1 aromatic heterocycles. The summed E-state index contributed by atoms with van der Waals surface area (Å²) < 4.78 is 13.7. The second kappa shape index (κ2) is 2.35. The van der Waals surface area contributed by atoms with E-state index in [1.54, 1.807) is 0 Å². The smallest absolute Gasteiger partial charge is 0.178 e. The molecule has 0 aromatic carbocycles. The maximum Gasteiger partial charge on any atom is 0.178 e. The highest BCUT2D eigenvalue weighted by atomic mass is 127. The molecule has 1 aromatic rings. The molecule has 2 nitrogen and oxygen atoms in total. The molecule has 1 aliphatic carbocycles. The lowest BCUT2D eigenvalue weighted by Gasteiger charge is -1.98. The predicted octanol–water partition coefficient (Wildman–Crippen LogP) is 2.14. The van der Waals surface area contributed by atoms with Crippen LogP contribution in [0, 0.1) is 3.01 Å². The number of halogens is 2. The van der Waals surface area contributed by atoms with Crippen molar-refractivity contribution in [3.05, 3.63) is 8.02 Å². The average Bonchev–Trinajstić information content (AvgIpc) is 2.44. The normalized spacial score (nSPS) is 35.7. The van der Waals surface area contributed by atoms with E-state index < -0.39 is 6.17 Å². The van der Waals surface area contributed by atoms with E-state index in [4.69, 9.17) is 0 Å². The molecule has 0 radical (unpaired) electrons. The Bertz CT molecular complexity index is 290. The molecule has 1 heterocycles. The lowest BCUT2D eigenvalue weighted by molar-refractivity contribution is 0.431. The van der Waals surface area contributed by atoms with Crippen molar-refractivity contribution in [2.75, 3.05) is 0 Å². The van der Waals surface area contributed by atoms with Gasteiger partial charge in [-0.1, -0.05) is 18.3 Å². The Kier molecular flexibility index (Phi) is 1.68. The van der Waals surface area contributed by atoms with Gasteiger partial charge in [0.05, 0.1) is 5.41 Å². The third-order valence-corrected chi connectivity index (χ3v) is 3.89. The first-order valence-electron chi connectivity index (χ1n) is 3.26. The van der Waals surface area contributed by atoms with Gasteiger partial charge in [-0.15, -0.1) is 10.2 Å². The van der Waals surface area contributed by atoms with Crippen LogP contribution in [0.15, 0.2) is 0 Å². The van der Waals surface area contributed by atoms with Gasteiger partial charge in [0.25, 0.3) is 0 Å². The van der Waals surface area contributed by atoms with E-state index in [0.717, 1.165) is 8.02 Å². The summed E-state index contributed by atoms with van der Waals surface area (Å²) in [5.74, 6) is 0. The Labute approximate surface area is 81.4 Å². The standard InChI is InChI=1S/C6H6FIN2S/c1-6(2-3(6)7)4-9-10-5(8)11-4/h3H,2H2,1H3. The van der Waals surface area contributed by atoms with Crippen molar-refractivity contribution in [1.82, 2.24) is 10.2 Å². The number of alkyl halides is 1. The van der Waals surface area contributed by atoms with Gasteiger partial charge in [0, 0.05) is 0 Å². The van der Waals surface area contributed by atoms with Crippen LogP contribution in [0.5, 0.6) is 0 Å². The molecule has 60 valence electrons. The topological polar surface area (TPSA) is 25.8 Å². The van der Waals surface area contributed by atoms with Crippen LogP contribution in [0.3, 0.4) is 0 Å². The molecule has 2 unspecified atom stereocenters. The predicted molar refractivity (Wildman–Crippen MR) is 49.5 cm³/mol. The van der Waals surface area contributed by atoms with E-state index in [0.29, 0.717) is 6.42 Å². The van der Waals surface area contributed by atoms with Crippen LogP contribution in [-0.4, -0.2) is 16.4 Å². The van der Waals surface area contributed by atoms with Crippen LogP contribution >= 0.6 is 33.9 Å². The molecule has 0 amide bonds. The quantitative estimate of drug-likeness (QED) is 0.738.